The molecule has 0 spiro atoms. The minimum absolute atomic E-state index is 0.717. The van der Waals surface area contributed by atoms with Gasteiger partial charge in [0.05, 0.1) is 11.6 Å². The van der Waals surface area contributed by atoms with Crippen LogP contribution in [0.5, 0.6) is 0 Å². The van der Waals surface area contributed by atoms with Gasteiger partial charge in [-0.15, -0.1) is 0 Å². The van der Waals surface area contributed by atoms with Crippen LogP contribution >= 0.6 is 0 Å². The van der Waals surface area contributed by atoms with E-state index in [9.17, 15) is 5.26 Å². The number of rotatable bonds is 5. The van der Waals surface area contributed by atoms with Gasteiger partial charge in [-0.3, -0.25) is 0 Å². The number of nitriles is 1. The molecule has 2 nitrogen and oxygen atoms in total. The van der Waals surface area contributed by atoms with E-state index >= 15 is 0 Å². The Balaban J connectivity index is 1.01. The fourth-order valence-corrected chi connectivity index (χ4v) is 9.93. The van der Waals surface area contributed by atoms with Crippen molar-refractivity contribution in [1.29, 1.82) is 5.26 Å². The van der Waals surface area contributed by atoms with Gasteiger partial charge in [-0.05, 0) is 136 Å². The van der Waals surface area contributed by atoms with Crippen LogP contribution in [0.3, 0.4) is 0 Å². The Morgan fingerprint density at radius 3 is 1.63 bits per heavy atom. The first-order chi connectivity index (χ1) is 29.7. The van der Waals surface area contributed by atoms with E-state index in [4.69, 9.17) is 0 Å². The minimum atomic E-state index is 0.717. The van der Waals surface area contributed by atoms with Gasteiger partial charge in [0.25, 0.3) is 0 Å². The summed E-state index contributed by atoms with van der Waals surface area (Å²) in [6, 6.07) is 77.4. The van der Waals surface area contributed by atoms with Gasteiger partial charge in [0.2, 0.25) is 0 Å². The number of hydrogen-bond acceptors (Lipinski definition) is 2. The molecule has 2 heteroatoms. The maximum Gasteiger partial charge on any atom is 0.0998 e. The van der Waals surface area contributed by atoms with E-state index < -0.39 is 0 Å². The summed E-state index contributed by atoms with van der Waals surface area (Å²) in [6.45, 7) is 0.756. The van der Waals surface area contributed by atoms with E-state index in [0.29, 0.717) is 0 Å². The lowest BCUT2D eigenvalue weighted by molar-refractivity contribution is 0.982. The van der Waals surface area contributed by atoms with Crippen LogP contribution in [0.25, 0.3) is 98.4 Å². The van der Waals surface area contributed by atoms with E-state index in [-0.39, 0.29) is 0 Å². The molecule has 12 rings (SSSR count). The molecule has 0 saturated heterocycles. The van der Waals surface area contributed by atoms with Crippen LogP contribution in [0.4, 0.5) is 11.4 Å². The molecular formula is C58H36N2. The molecular weight excluding hydrogens is 725 g/mol. The molecule has 0 bridgehead atoms. The van der Waals surface area contributed by atoms with E-state index in [2.05, 4.69) is 211 Å². The number of benzene rings is 11. The van der Waals surface area contributed by atoms with Crippen LogP contribution in [-0.2, 0) is 6.54 Å². The molecule has 1 aliphatic rings. The van der Waals surface area contributed by atoms with Crippen LogP contribution in [0.15, 0.2) is 206 Å². The summed E-state index contributed by atoms with van der Waals surface area (Å²) < 4.78 is 0. The summed E-state index contributed by atoms with van der Waals surface area (Å²) in [4.78, 5) is 2.41. The molecule has 278 valence electrons. The molecule has 0 aliphatic carbocycles. The Labute approximate surface area is 348 Å². The van der Waals surface area contributed by atoms with Crippen molar-refractivity contribution in [2.45, 2.75) is 6.54 Å². The lowest BCUT2D eigenvalue weighted by atomic mass is 9.84. The van der Waals surface area contributed by atoms with Crippen molar-refractivity contribution in [2.24, 2.45) is 0 Å². The molecule has 60 heavy (non-hydrogen) atoms. The Morgan fingerprint density at radius 2 is 0.933 bits per heavy atom. The fourth-order valence-electron chi connectivity index (χ4n) is 9.93. The van der Waals surface area contributed by atoms with Gasteiger partial charge in [0.15, 0.2) is 0 Å². The van der Waals surface area contributed by atoms with Gasteiger partial charge in [0.1, 0.15) is 0 Å². The molecule has 0 fully saturated rings. The van der Waals surface area contributed by atoms with Crippen LogP contribution < -0.4 is 4.90 Å². The number of anilines is 2. The van der Waals surface area contributed by atoms with Crippen LogP contribution in [0.1, 0.15) is 11.1 Å². The van der Waals surface area contributed by atoms with Crippen LogP contribution in [-0.4, -0.2) is 0 Å². The Kier molecular flexibility index (Phi) is 7.70. The molecule has 0 radical (unpaired) electrons. The van der Waals surface area contributed by atoms with Gasteiger partial charge in [-0.2, -0.15) is 5.26 Å². The monoisotopic (exact) mass is 760 g/mol. The zero-order chi connectivity index (χ0) is 39.7. The molecule has 0 aromatic heterocycles. The molecule has 11 aromatic rings. The molecule has 0 N–H and O–H groups in total. The van der Waals surface area contributed by atoms with Crippen molar-refractivity contribution >= 4 is 65.2 Å². The van der Waals surface area contributed by atoms with Crippen molar-refractivity contribution in [3.8, 4) is 50.6 Å². The van der Waals surface area contributed by atoms with E-state index in [0.717, 1.165) is 23.2 Å². The zero-order valence-electron chi connectivity index (χ0n) is 32.7. The summed E-state index contributed by atoms with van der Waals surface area (Å²) in [6.07, 6.45) is 0. The van der Waals surface area contributed by atoms with E-state index in [1.54, 1.807) is 0 Å². The summed E-state index contributed by atoms with van der Waals surface area (Å²) in [5, 5.41) is 22.1. The second-order valence-electron chi connectivity index (χ2n) is 15.9. The third-order valence-electron chi connectivity index (χ3n) is 12.7. The highest BCUT2D eigenvalue weighted by atomic mass is 15.1. The van der Waals surface area contributed by atoms with Gasteiger partial charge in [-0.1, -0.05) is 164 Å². The highest BCUT2D eigenvalue weighted by Crippen LogP contribution is 2.48. The predicted molar refractivity (Wildman–Crippen MR) is 253 cm³/mol. The maximum atomic E-state index is 10.1. The Bertz CT molecular complexity index is 3560. The largest absolute Gasteiger partial charge is 0.336 e. The topological polar surface area (TPSA) is 27.0 Å². The molecule has 1 heterocycles. The normalized spacial score (nSPS) is 12.2. The fraction of sp³-hybridized carbons (Fsp3) is 0.0172. The number of para-hydroxylation sites is 1. The third-order valence-corrected chi connectivity index (χ3v) is 12.7. The van der Waals surface area contributed by atoms with Crippen molar-refractivity contribution in [1.82, 2.24) is 0 Å². The average molecular weight is 761 g/mol. The van der Waals surface area contributed by atoms with E-state index in [1.165, 1.54) is 104 Å². The molecule has 11 aromatic carbocycles. The molecule has 1 aliphatic heterocycles. The smallest absolute Gasteiger partial charge is 0.0998 e. The first-order valence-electron chi connectivity index (χ1n) is 20.6. The standard InChI is InChI=1S/C58H36N2/c59-35-44-24-25-45-36-60(46-16-8-3-9-17-46)54-31-30-47(51-29-28-48(44)57(45)58(51)54)43-23-22-39-32-40(20-21-41(39)33-43)42-26-27-52-53(34-42)56(38-14-6-2-7-15-38)50-19-11-10-18-49(50)55(52)37-12-4-1-5-13-37/h1-34H,36H2. The second-order valence-corrected chi connectivity index (χ2v) is 15.9. The number of nitrogens with zero attached hydrogens (tertiary/aromatic N) is 2. The average Bonchev–Trinajstić information content (AvgIpc) is 3.32. The summed E-state index contributed by atoms with van der Waals surface area (Å²) in [5.74, 6) is 0. The predicted octanol–water partition coefficient (Wildman–Crippen LogP) is 15.6. The van der Waals surface area contributed by atoms with Gasteiger partial charge >= 0.3 is 0 Å². The molecule has 0 atom stereocenters. The van der Waals surface area contributed by atoms with E-state index in [1.807, 2.05) is 6.07 Å². The quantitative estimate of drug-likeness (QED) is 0.129. The SMILES string of the molecule is N#Cc1ccc2c3c1ccc1c(-c4ccc5cc(-c6ccc7c(-c8ccccc8)c8ccccc8c(-c8ccccc8)c7c6)ccc5c4)ccc(c13)N(c1ccccc1)C2. The lowest BCUT2D eigenvalue weighted by Gasteiger charge is -2.32. The lowest BCUT2D eigenvalue weighted by Crippen LogP contribution is -2.20. The van der Waals surface area contributed by atoms with Crippen LogP contribution in [0, 0.1) is 11.3 Å². The van der Waals surface area contributed by atoms with Crippen molar-refractivity contribution < 1.29 is 0 Å². The Hall–Kier alpha value is -7.99. The van der Waals surface area contributed by atoms with Crippen molar-refractivity contribution in [3.05, 3.63) is 217 Å². The van der Waals surface area contributed by atoms with Gasteiger partial charge < -0.3 is 4.90 Å². The van der Waals surface area contributed by atoms with Crippen molar-refractivity contribution in [3.63, 3.8) is 0 Å². The summed E-state index contributed by atoms with van der Waals surface area (Å²) in [5.41, 5.74) is 14.0. The van der Waals surface area contributed by atoms with Crippen molar-refractivity contribution in [2.75, 3.05) is 4.90 Å². The van der Waals surface area contributed by atoms with Gasteiger partial charge in [-0.25, -0.2) is 0 Å². The first kappa shape index (κ1) is 34.1. The highest BCUT2D eigenvalue weighted by Gasteiger charge is 2.25. The highest BCUT2D eigenvalue weighted by molar-refractivity contribution is 6.23. The second kappa shape index (κ2) is 13.6. The first-order valence-corrected chi connectivity index (χ1v) is 20.6. The minimum Gasteiger partial charge on any atom is -0.336 e. The Morgan fingerprint density at radius 1 is 0.383 bits per heavy atom. The molecule has 0 saturated carbocycles. The number of fused-ring (bicyclic) bond motifs is 3. The third kappa shape index (κ3) is 5.27. The maximum absolute atomic E-state index is 10.1. The summed E-state index contributed by atoms with van der Waals surface area (Å²) >= 11 is 0. The van der Waals surface area contributed by atoms with Crippen LogP contribution in [0.2, 0.25) is 0 Å². The molecule has 0 unspecified atom stereocenters. The number of hydrogen-bond donors (Lipinski definition) is 0. The molecule has 0 amide bonds. The zero-order valence-corrected chi connectivity index (χ0v) is 32.7. The summed E-state index contributed by atoms with van der Waals surface area (Å²) in [7, 11) is 0. The van der Waals surface area contributed by atoms with Gasteiger partial charge in [0, 0.05) is 28.7 Å².